The Kier molecular flexibility index (Phi) is 6.66. The van der Waals surface area contributed by atoms with Crippen LogP contribution in [0.3, 0.4) is 0 Å². The van der Waals surface area contributed by atoms with Crippen LogP contribution in [-0.2, 0) is 0 Å². The molecule has 0 fully saturated rings. The lowest BCUT2D eigenvalue weighted by Crippen LogP contribution is -2.00. The highest BCUT2D eigenvalue weighted by molar-refractivity contribution is 7.99. The molecule has 21 heavy (non-hydrogen) atoms. The lowest BCUT2D eigenvalue weighted by molar-refractivity contribution is 0.305. The van der Waals surface area contributed by atoms with Crippen molar-refractivity contribution in [3.63, 3.8) is 0 Å². The molecule has 0 bridgehead atoms. The summed E-state index contributed by atoms with van der Waals surface area (Å²) in [6.07, 6.45) is 4.07. The molecule has 1 aromatic heterocycles. The molecule has 0 atom stereocenters. The molecule has 0 aliphatic rings. The number of aromatic nitrogens is 1. The molecule has 0 aliphatic heterocycles. The van der Waals surface area contributed by atoms with E-state index in [-0.39, 0.29) is 6.61 Å². The Labute approximate surface area is 129 Å². The van der Waals surface area contributed by atoms with Crippen molar-refractivity contribution in [2.45, 2.75) is 11.3 Å². The van der Waals surface area contributed by atoms with E-state index >= 15 is 0 Å². The van der Waals surface area contributed by atoms with E-state index in [0.717, 1.165) is 17.1 Å². The van der Waals surface area contributed by atoms with Crippen molar-refractivity contribution >= 4 is 11.8 Å². The third-order valence-corrected chi connectivity index (χ3v) is 3.55. The molecular formula is C17H17NO2S. The summed E-state index contributed by atoms with van der Waals surface area (Å²) in [6.45, 7) is 0.732. The summed E-state index contributed by atoms with van der Waals surface area (Å²) < 4.78 is 5.72. The highest BCUT2D eigenvalue weighted by Gasteiger charge is 1.97. The highest BCUT2D eigenvalue weighted by Crippen LogP contribution is 2.17. The van der Waals surface area contributed by atoms with Crippen LogP contribution < -0.4 is 4.74 Å². The minimum absolute atomic E-state index is 0.0927. The van der Waals surface area contributed by atoms with Gasteiger partial charge in [0.15, 0.2) is 0 Å². The summed E-state index contributed by atoms with van der Waals surface area (Å²) in [7, 11) is 0. The first-order chi connectivity index (χ1) is 10.4. The van der Waals surface area contributed by atoms with Crippen molar-refractivity contribution < 1.29 is 9.84 Å². The molecule has 1 aromatic carbocycles. The van der Waals surface area contributed by atoms with Crippen molar-refractivity contribution in [2.24, 2.45) is 0 Å². The van der Waals surface area contributed by atoms with E-state index in [0.29, 0.717) is 13.0 Å². The van der Waals surface area contributed by atoms with Crippen LogP contribution in [0.15, 0.2) is 53.7 Å². The van der Waals surface area contributed by atoms with E-state index < -0.39 is 0 Å². The lowest BCUT2D eigenvalue weighted by atomic mass is 10.2. The predicted octanol–water partition coefficient (Wildman–Crippen LogP) is 2.99. The number of hydrogen-bond acceptors (Lipinski definition) is 4. The second-order valence-electron chi connectivity index (χ2n) is 4.18. The van der Waals surface area contributed by atoms with Crippen LogP contribution in [0, 0.1) is 11.8 Å². The molecule has 0 saturated carbocycles. The predicted molar refractivity (Wildman–Crippen MR) is 85.5 cm³/mol. The van der Waals surface area contributed by atoms with Crippen LogP contribution in [0.5, 0.6) is 5.75 Å². The standard InChI is InChI=1S/C17H17NO2S/c19-11-2-1-4-15-5-3-6-16(14-15)20-12-13-21-17-7-9-18-10-8-17/h3,5-10,14,19H,2,11-13H2. The second kappa shape index (κ2) is 9.06. The Morgan fingerprint density at radius 3 is 2.86 bits per heavy atom. The molecule has 0 spiro atoms. The molecule has 2 aromatic rings. The molecular weight excluding hydrogens is 282 g/mol. The molecule has 4 heteroatoms. The summed E-state index contributed by atoms with van der Waals surface area (Å²) in [4.78, 5) is 5.18. The summed E-state index contributed by atoms with van der Waals surface area (Å²) >= 11 is 1.74. The molecule has 0 aliphatic carbocycles. The Balaban J connectivity index is 1.78. The zero-order valence-electron chi connectivity index (χ0n) is 11.7. The zero-order valence-corrected chi connectivity index (χ0v) is 12.5. The van der Waals surface area contributed by atoms with Gasteiger partial charge in [0.1, 0.15) is 5.75 Å². The first-order valence-corrected chi connectivity index (χ1v) is 7.72. The third-order valence-electron chi connectivity index (χ3n) is 2.57. The van der Waals surface area contributed by atoms with Gasteiger partial charge in [-0.15, -0.1) is 11.8 Å². The van der Waals surface area contributed by atoms with Gasteiger partial charge in [0.05, 0.1) is 13.2 Å². The van der Waals surface area contributed by atoms with E-state index in [1.165, 1.54) is 4.90 Å². The number of pyridine rings is 1. The van der Waals surface area contributed by atoms with Crippen LogP contribution >= 0.6 is 11.8 Å². The van der Waals surface area contributed by atoms with Crippen LogP contribution in [0.25, 0.3) is 0 Å². The monoisotopic (exact) mass is 299 g/mol. The van der Waals surface area contributed by atoms with Gasteiger partial charge in [-0.05, 0) is 30.3 Å². The van der Waals surface area contributed by atoms with Crippen LogP contribution in [0.1, 0.15) is 12.0 Å². The number of hydrogen-bond donors (Lipinski definition) is 1. The molecule has 0 radical (unpaired) electrons. The average Bonchev–Trinajstić information content (AvgIpc) is 2.53. The highest BCUT2D eigenvalue weighted by atomic mass is 32.2. The van der Waals surface area contributed by atoms with Crippen molar-refractivity contribution in [3.8, 4) is 17.6 Å². The first-order valence-electron chi connectivity index (χ1n) is 6.74. The van der Waals surface area contributed by atoms with Gasteiger partial charge in [-0.1, -0.05) is 17.9 Å². The Hall–Kier alpha value is -1.96. The van der Waals surface area contributed by atoms with Gasteiger partial charge in [-0.25, -0.2) is 0 Å². The molecule has 1 heterocycles. The maximum absolute atomic E-state index is 8.70. The van der Waals surface area contributed by atoms with E-state index in [2.05, 4.69) is 16.8 Å². The minimum atomic E-state index is 0.0927. The number of rotatable bonds is 6. The Morgan fingerprint density at radius 2 is 2.05 bits per heavy atom. The number of aliphatic hydroxyl groups is 1. The van der Waals surface area contributed by atoms with Crippen molar-refractivity contribution in [2.75, 3.05) is 19.0 Å². The fraction of sp³-hybridized carbons (Fsp3) is 0.235. The maximum atomic E-state index is 8.70. The maximum Gasteiger partial charge on any atom is 0.120 e. The van der Waals surface area contributed by atoms with Crippen LogP contribution in [-0.4, -0.2) is 29.1 Å². The zero-order chi connectivity index (χ0) is 14.8. The van der Waals surface area contributed by atoms with E-state index in [1.807, 2.05) is 36.4 Å². The molecule has 3 nitrogen and oxygen atoms in total. The van der Waals surface area contributed by atoms with Gasteiger partial charge in [0.25, 0.3) is 0 Å². The molecule has 0 amide bonds. The van der Waals surface area contributed by atoms with Crippen molar-refractivity contribution in [3.05, 3.63) is 54.4 Å². The molecule has 108 valence electrons. The van der Waals surface area contributed by atoms with Gasteiger partial charge >= 0.3 is 0 Å². The minimum Gasteiger partial charge on any atom is -0.493 e. The summed E-state index contributed by atoms with van der Waals surface area (Å²) in [5, 5.41) is 8.70. The topological polar surface area (TPSA) is 42.4 Å². The quantitative estimate of drug-likeness (QED) is 0.506. The lowest BCUT2D eigenvalue weighted by Gasteiger charge is -2.06. The number of aliphatic hydroxyl groups excluding tert-OH is 1. The van der Waals surface area contributed by atoms with E-state index in [9.17, 15) is 0 Å². The molecule has 1 N–H and O–H groups in total. The van der Waals surface area contributed by atoms with Gasteiger partial charge < -0.3 is 9.84 Å². The van der Waals surface area contributed by atoms with Gasteiger partial charge in [-0.2, -0.15) is 0 Å². The van der Waals surface area contributed by atoms with E-state index in [4.69, 9.17) is 9.84 Å². The van der Waals surface area contributed by atoms with Crippen molar-refractivity contribution in [1.82, 2.24) is 4.98 Å². The molecule has 0 saturated heterocycles. The Bertz CT molecular complexity index is 605. The fourth-order valence-electron chi connectivity index (χ4n) is 1.64. The average molecular weight is 299 g/mol. The van der Waals surface area contributed by atoms with Gasteiger partial charge in [-0.3, -0.25) is 4.98 Å². The molecule has 0 unspecified atom stereocenters. The van der Waals surface area contributed by atoms with E-state index in [1.54, 1.807) is 24.2 Å². The van der Waals surface area contributed by atoms with Crippen LogP contribution in [0.4, 0.5) is 0 Å². The Morgan fingerprint density at radius 1 is 1.19 bits per heavy atom. The van der Waals surface area contributed by atoms with Gasteiger partial charge in [0.2, 0.25) is 0 Å². The first kappa shape index (κ1) is 15.4. The normalized spacial score (nSPS) is 9.76. The summed E-state index contributed by atoms with van der Waals surface area (Å²) in [5.41, 5.74) is 0.905. The third kappa shape index (κ3) is 5.90. The summed E-state index contributed by atoms with van der Waals surface area (Å²) in [5.74, 6) is 7.60. The molecule has 2 rings (SSSR count). The smallest absolute Gasteiger partial charge is 0.120 e. The number of thioether (sulfide) groups is 1. The number of ether oxygens (including phenoxy) is 1. The SMILES string of the molecule is OCCC#Cc1cccc(OCCSc2ccncc2)c1. The number of benzene rings is 1. The second-order valence-corrected chi connectivity index (χ2v) is 5.35. The van der Waals surface area contributed by atoms with Crippen molar-refractivity contribution in [1.29, 1.82) is 0 Å². The number of nitrogens with zero attached hydrogens (tertiary/aromatic N) is 1. The largest absolute Gasteiger partial charge is 0.493 e. The van der Waals surface area contributed by atoms with Gasteiger partial charge in [0, 0.05) is 35.0 Å². The summed E-state index contributed by atoms with van der Waals surface area (Å²) in [6, 6.07) is 11.7. The van der Waals surface area contributed by atoms with Crippen LogP contribution in [0.2, 0.25) is 0 Å². The fourth-order valence-corrected chi connectivity index (χ4v) is 2.35.